The summed E-state index contributed by atoms with van der Waals surface area (Å²) in [5.74, 6) is 0.651. The first-order chi connectivity index (χ1) is 8.70. The van der Waals surface area contributed by atoms with Crippen molar-refractivity contribution < 1.29 is 9.53 Å². The van der Waals surface area contributed by atoms with E-state index >= 15 is 0 Å². The lowest BCUT2D eigenvalue weighted by Crippen LogP contribution is -2.37. The number of esters is 1. The molecule has 1 saturated carbocycles. The van der Waals surface area contributed by atoms with Crippen molar-refractivity contribution in [3.8, 4) is 0 Å². The van der Waals surface area contributed by atoms with E-state index in [9.17, 15) is 4.79 Å². The van der Waals surface area contributed by atoms with Crippen molar-refractivity contribution in [3.63, 3.8) is 0 Å². The Kier molecular flexibility index (Phi) is 4.24. The van der Waals surface area contributed by atoms with E-state index in [4.69, 9.17) is 4.74 Å². The van der Waals surface area contributed by atoms with Gasteiger partial charge in [-0.1, -0.05) is 5.21 Å². The summed E-state index contributed by atoms with van der Waals surface area (Å²) < 4.78 is 4.77. The van der Waals surface area contributed by atoms with Crippen molar-refractivity contribution in [1.82, 2.24) is 25.9 Å². The third-order valence-electron chi connectivity index (χ3n) is 3.50. The molecule has 1 aliphatic rings. The van der Waals surface area contributed by atoms with Crippen molar-refractivity contribution in [2.24, 2.45) is 5.92 Å². The summed E-state index contributed by atoms with van der Waals surface area (Å²) in [4.78, 5) is 11.4. The van der Waals surface area contributed by atoms with Crippen molar-refractivity contribution >= 4 is 5.97 Å². The number of nitrogens with one attached hydrogen (secondary N) is 2. The van der Waals surface area contributed by atoms with Crippen LogP contribution in [-0.2, 0) is 9.53 Å². The number of ether oxygens (including phenoxy) is 1. The molecule has 0 saturated heterocycles. The fourth-order valence-corrected chi connectivity index (χ4v) is 2.44. The molecule has 1 aromatic heterocycles. The Bertz CT molecular complexity index is 373. The number of hydrogen-bond acceptors (Lipinski definition) is 6. The number of aromatic amines is 1. The molecule has 0 aromatic carbocycles. The first kappa shape index (κ1) is 12.9. The molecule has 0 amide bonds. The van der Waals surface area contributed by atoms with Gasteiger partial charge in [-0.25, -0.2) is 0 Å². The van der Waals surface area contributed by atoms with E-state index in [1.165, 1.54) is 7.11 Å². The molecule has 1 aliphatic carbocycles. The molecule has 0 aliphatic heterocycles. The number of nitrogens with zero attached hydrogens (tertiary/aromatic N) is 3. The van der Waals surface area contributed by atoms with E-state index < -0.39 is 0 Å². The van der Waals surface area contributed by atoms with Crippen LogP contribution in [0.1, 0.15) is 44.5 Å². The Morgan fingerprint density at radius 3 is 2.72 bits per heavy atom. The average molecular weight is 253 g/mol. The van der Waals surface area contributed by atoms with Crippen LogP contribution in [0.2, 0.25) is 0 Å². The summed E-state index contributed by atoms with van der Waals surface area (Å²) in [5, 5.41) is 17.4. The molecule has 0 spiro atoms. The second-order valence-electron chi connectivity index (χ2n) is 4.73. The number of methoxy groups -OCH3 is 1. The zero-order valence-electron chi connectivity index (χ0n) is 10.7. The molecule has 2 rings (SSSR count). The lowest BCUT2D eigenvalue weighted by molar-refractivity contribution is -0.146. The number of rotatable bonds is 4. The van der Waals surface area contributed by atoms with E-state index in [2.05, 4.69) is 25.9 Å². The average Bonchev–Trinajstić information content (AvgIpc) is 2.92. The van der Waals surface area contributed by atoms with Gasteiger partial charge in [-0.15, -0.1) is 10.2 Å². The van der Waals surface area contributed by atoms with Crippen LogP contribution in [0.5, 0.6) is 0 Å². The van der Waals surface area contributed by atoms with Crippen LogP contribution in [0, 0.1) is 5.92 Å². The predicted molar refractivity (Wildman–Crippen MR) is 63.5 cm³/mol. The Hall–Kier alpha value is -1.50. The lowest BCUT2D eigenvalue weighted by atomic mass is 9.86. The first-order valence-corrected chi connectivity index (χ1v) is 6.28. The summed E-state index contributed by atoms with van der Waals surface area (Å²) in [6, 6.07) is 0.475. The quantitative estimate of drug-likeness (QED) is 0.763. The van der Waals surface area contributed by atoms with Crippen molar-refractivity contribution in [2.45, 2.75) is 44.7 Å². The van der Waals surface area contributed by atoms with E-state index in [1.807, 2.05) is 6.92 Å². The molecule has 1 heterocycles. The van der Waals surface area contributed by atoms with Gasteiger partial charge < -0.3 is 10.1 Å². The molecule has 7 nitrogen and oxygen atoms in total. The number of hydrogen-bond donors (Lipinski definition) is 2. The molecule has 0 radical (unpaired) electrons. The highest BCUT2D eigenvalue weighted by atomic mass is 16.5. The van der Waals surface area contributed by atoms with Gasteiger partial charge in [0.15, 0.2) is 5.82 Å². The topological polar surface area (TPSA) is 92.8 Å². The van der Waals surface area contributed by atoms with Crippen LogP contribution in [0.25, 0.3) is 0 Å². The van der Waals surface area contributed by atoms with E-state index in [0.717, 1.165) is 25.7 Å². The highest BCUT2D eigenvalue weighted by molar-refractivity contribution is 5.72. The molecule has 2 N–H and O–H groups in total. The first-order valence-electron chi connectivity index (χ1n) is 6.28. The number of carbonyl (C=O) groups excluding carboxylic acids is 1. The molecule has 100 valence electrons. The van der Waals surface area contributed by atoms with Crippen LogP contribution in [-0.4, -0.2) is 39.7 Å². The zero-order chi connectivity index (χ0) is 13.0. The molecule has 1 fully saturated rings. The van der Waals surface area contributed by atoms with Crippen LogP contribution < -0.4 is 5.32 Å². The van der Waals surface area contributed by atoms with Gasteiger partial charge in [0.05, 0.1) is 19.1 Å². The molecule has 1 aromatic rings. The maximum absolute atomic E-state index is 11.4. The van der Waals surface area contributed by atoms with Gasteiger partial charge >= 0.3 is 5.97 Å². The Morgan fingerprint density at radius 1 is 1.44 bits per heavy atom. The Morgan fingerprint density at radius 2 is 2.17 bits per heavy atom. The van der Waals surface area contributed by atoms with Crippen LogP contribution in [0.15, 0.2) is 0 Å². The molecule has 7 heteroatoms. The summed E-state index contributed by atoms with van der Waals surface area (Å²) in [5.41, 5.74) is 0. The summed E-state index contributed by atoms with van der Waals surface area (Å²) in [6.45, 7) is 2.01. The summed E-state index contributed by atoms with van der Waals surface area (Å²) in [7, 11) is 1.45. The van der Waals surface area contributed by atoms with Gasteiger partial charge in [0.1, 0.15) is 0 Å². The van der Waals surface area contributed by atoms with Gasteiger partial charge in [0.25, 0.3) is 0 Å². The largest absolute Gasteiger partial charge is 0.469 e. The normalized spacial score (nSPS) is 25.7. The summed E-state index contributed by atoms with van der Waals surface area (Å²) in [6.07, 6.45) is 3.70. The Labute approximate surface area is 106 Å². The summed E-state index contributed by atoms with van der Waals surface area (Å²) >= 11 is 0. The van der Waals surface area contributed by atoms with E-state index in [-0.39, 0.29) is 17.9 Å². The van der Waals surface area contributed by atoms with E-state index in [1.54, 1.807) is 0 Å². The van der Waals surface area contributed by atoms with Gasteiger partial charge in [-0.2, -0.15) is 5.21 Å². The fraction of sp³-hybridized carbons (Fsp3) is 0.818. The Balaban J connectivity index is 1.78. The number of tetrazole rings is 1. The smallest absolute Gasteiger partial charge is 0.308 e. The van der Waals surface area contributed by atoms with Crippen molar-refractivity contribution in [1.29, 1.82) is 0 Å². The van der Waals surface area contributed by atoms with Crippen LogP contribution in [0.4, 0.5) is 0 Å². The van der Waals surface area contributed by atoms with Crippen molar-refractivity contribution in [2.75, 3.05) is 7.11 Å². The minimum atomic E-state index is -0.0836. The number of H-pyrrole nitrogens is 1. The van der Waals surface area contributed by atoms with Gasteiger partial charge in [0, 0.05) is 6.04 Å². The second-order valence-corrected chi connectivity index (χ2v) is 4.73. The number of aromatic nitrogens is 4. The minimum Gasteiger partial charge on any atom is -0.469 e. The predicted octanol–water partition coefficient (Wildman–Crippen LogP) is 0.582. The van der Waals surface area contributed by atoms with Gasteiger partial charge in [0.2, 0.25) is 0 Å². The third kappa shape index (κ3) is 3.04. The van der Waals surface area contributed by atoms with Gasteiger partial charge in [-0.05, 0) is 32.6 Å². The molecular weight excluding hydrogens is 234 g/mol. The lowest BCUT2D eigenvalue weighted by Gasteiger charge is -2.29. The molecule has 0 bridgehead atoms. The number of carbonyl (C=O) groups is 1. The zero-order valence-corrected chi connectivity index (χ0v) is 10.7. The molecule has 18 heavy (non-hydrogen) atoms. The van der Waals surface area contributed by atoms with Gasteiger partial charge in [-0.3, -0.25) is 4.79 Å². The highest BCUT2D eigenvalue weighted by Crippen LogP contribution is 2.26. The SMILES string of the molecule is COC(=O)C1CCC(NC(C)c2nn[nH]n2)CC1. The highest BCUT2D eigenvalue weighted by Gasteiger charge is 2.27. The second kappa shape index (κ2) is 5.90. The van der Waals surface area contributed by atoms with Crippen LogP contribution in [0.3, 0.4) is 0 Å². The van der Waals surface area contributed by atoms with Crippen molar-refractivity contribution in [3.05, 3.63) is 5.82 Å². The standard InChI is InChI=1S/C11H19N5O2/c1-7(10-13-15-16-14-10)12-9-5-3-8(4-6-9)11(17)18-2/h7-9,12H,3-6H2,1-2H3,(H,13,14,15,16). The van der Waals surface area contributed by atoms with Crippen LogP contribution >= 0.6 is 0 Å². The third-order valence-corrected chi connectivity index (χ3v) is 3.50. The van der Waals surface area contributed by atoms with E-state index in [0.29, 0.717) is 11.9 Å². The monoisotopic (exact) mass is 253 g/mol. The molecular formula is C11H19N5O2. The minimum absolute atomic E-state index is 0.0635. The maximum Gasteiger partial charge on any atom is 0.308 e. The fourth-order valence-electron chi connectivity index (χ4n) is 2.44. The molecule has 1 unspecified atom stereocenters. The maximum atomic E-state index is 11.4. The molecule has 1 atom stereocenters.